The third-order valence-corrected chi connectivity index (χ3v) is 7.68. The van der Waals surface area contributed by atoms with Gasteiger partial charge in [0.2, 0.25) is 0 Å². The Morgan fingerprint density at radius 3 is 2.62 bits per heavy atom. The number of thiophene rings is 1. The molecule has 0 fully saturated rings. The summed E-state index contributed by atoms with van der Waals surface area (Å²) in [5.41, 5.74) is 7.04. The van der Waals surface area contributed by atoms with Crippen LogP contribution in [0.15, 0.2) is 103 Å². The summed E-state index contributed by atoms with van der Waals surface area (Å²) < 4.78 is 2.09. The van der Waals surface area contributed by atoms with Crippen LogP contribution in [0.2, 0.25) is 0 Å². The predicted octanol–water partition coefficient (Wildman–Crippen LogP) is 6.55. The molecule has 0 saturated carbocycles. The number of nitrogens with one attached hydrogen (secondary N) is 3. The number of hydrogen-bond acceptors (Lipinski definition) is 5. The molecule has 3 heterocycles. The molecule has 0 aliphatic carbocycles. The molecule has 6 rings (SSSR count). The molecule has 0 aliphatic rings. The van der Waals surface area contributed by atoms with Crippen LogP contribution in [0, 0.1) is 11.3 Å². The number of benzene rings is 3. The summed E-state index contributed by atoms with van der Waals surface area (Å²) in [4.78, 5) is 22.1. The molecular weight excluding hydrogens is 516 g/mol. The first-order valence-corrected chi connectivity index (χ1v) is 13.8. The Hall–Kier alpha value is -5.13. The lowest BCUT2D eigenvalue weighted by Gasteiger charge is -2.11. The number of aromatic nitrogens is 3. The van der Waals surface area contributed by atoms with E-state index in [1.807, 2.05) is 96.8 Å². The number of fused-ring (bicyclic) bond motifs is 1. The topological polar surface area (TPSA) is 98.5 Å². The zero-order chi connectivity index (χ0) is 27.3. The second-order valence-corrected chi connectivity index (χ2v) is 10.5. The summed E-state index contributed by atoms with van der Waals surface area (Å²) in [6.07, 6.45) is 3.68. The third-order valence-electron chi connectivity index (χ3n) is 6.80. The maximum atomic E-state index is 13.3. The minimum Gasteiger partial charge on any atom is -0.379 e. The van der Waals surface area contributed by atoms with Gasteiger partial charge in [0, 0.05) is 39.8 Å². The average molecular weight is 543 g/mol. The third kappa shape index (κ3) is 5.37. The van der Waals surface area contributed by atoms with E-state index < -0.39 is 0 Å². The summed E-state index contributed by atoms with van der Waals surface area (Å²) in [6, 6.07) is 29.9. The van der Waals surface area contributed by atoms with Gasteiger partial charge >= 0.3 is 0 Å². The molecule has 0 spiro atoms. The number of hydrogen-bond donors (Lipinski definition) is 3. The van der Waals surface area contributed by atoms with Gasteiger partial charge in [0.25, 0.3) is 5.91 Å². The molecule has 0 unspecified atom stereocenters. The monoisotopic (exact) mass is 542 g/mol. The molecule has 0 atom stereocenters. The molecular formula is C32H26N6OS. The van der Waals surface area contributed by atoms with Crippen molar-refractivity contribution in [2.24, 2.45) is 0 Å². The summed E-state index contributed by atoms with van der Waals surface area (Å²) >= 11 is 1.62. The van der Waals surface area contributed by atoms with E-state index in [0.29, 0.717) is 30.9 Å². The molecule has 0 bridgehead atoms. The molecule has 0 saturated heterocycles. The van der Waals surface area contributed by atoms with Gasteiger partial charge in [-0.05, 0) is 52.9 Å². The van der Waals surface area contributed by atoms with Crippen molar-refractivity contribution in [3.63, 3.8) is 0 Å². The highest BCUT2D eigenvalue weighted by atomic mass is 32.1. The highest BCUT2D eigenvalue weighted by Gasteiger charge is 2.19. The Morgan fingerprint density at radius 1 is 1.00 bits per heavy atom. The van der Waals surface area contributed by atoms with E-state index in [4.69, 9.17) is 5.26 Å². The summed E-state index contributed by atoms with van der Waals surface area (Å²) in [5, 5.41) is 18.6. The molecule has 40 heavy (non-hydrogen) atoms. The molecule has 3 aromatic heterocycles. The van der Waals surface area contributed by atoms with Gasteiger partial charge in [0.15, 0.2) is 0 Å². The lowest BCUT2D eigenvalue weighted by atomic mass is 10.0. The van der Waals surface area contributed by atoms with Gasteiger partial charge in [-0.2, -0.15) is 5.26 Å². The van der Waals surface area contributed by atoms with Crippen LogP contribution >= 0.6 is 11.3 Å². The van der Waals surface area contributed by atoms with Gasteiger partial charge < -0.3 is 20.2 Å². The fourth-order valence-electron chi connectivity index (χ4n) is 4.76. The largest absolute Gasteiger partial charge is 0.379 e. The number of nitrogens with zero attached hydrogens (tertiary/aromatic N) is 3. The Bertz CT molecular complexity index is 1790. The number of aromatic amines is 1. The molecule has 0 aliphatic heterocycles. The van der Waals surface area contributed by atoms with E-state index in [2.05, 4.69) is 37.3 Å². The summed E-state index contributed by atoms with van der Waals surface area (Å²) in [7, 11) is 0. The van der Waals surface area contributed by atoms with Crippen molar-refractivity contribution >= 4 is 33.8 Å². The van der Waals surface area contributed by atoms with E-state index in [1.165, 1.54) is 0 Å². The second kappa shape index (κ2) is 11.3. The van der Waals surface area contributed by atoms with Crippen LogP contribution in [0.5, 0.6) is 0 Å². The number of amides is 1. The van der Waals surface area contributed by atoms with Gasteiger partial charge in [-0.3, -0.25) is 4.79 Å². The van der Waals surface area contributed by atoms with Crippen LogP contribution in [0.3, 0.4) is 0 Å². The number of carbonyl (C=O) groups excluding carboxylic acids is 1. The van der Waals surface area contributed by atoms with Crippen molar-refractivity contribution in [1.29, 1.82) is 5.26 Å². The molecule has 0 radical (unpaired) electrons. The van der Waals surface area contributed by atoms with Gasteiger partial charge in [0.05, 0.1) is 36.7 Å². The SMILES string of the molecule is N#Cc1ccc(Cn2cncc2CNc2ccc3[nH]c(C(=O)NCc4cccs4)c(-c4ccccc4)c3c2)cc1. The first-order valence-electron chi connectivity index (χ1n) is 12.9. The van der Waals surface area contributed by atoms with Crippen LogP contribution in [-0.4, -0.2) is 20.4 Å². The standard InChI is InChI=1S/C32H26N6OS/c33-16-22-8-10-23(11-9-22)20-38-21-34-17-26(38)18-35-25-12-13-29-28(15-25)30(24-5-2-1-3-6-24)31(37-29)32(39)36-19-27-7-4-14-40-27/h1-15,17,21,35,37H,18-20H2,(H,36,39). The molecule has 8 heteroatoms. The lowest BCUT2D eigenvalue weighted by molar-refractivity contribution is 0.0948. The Balaban J connectivity index is 1.25. The first-order chi connectivity index (χ1) is 19.7. The highest BCUT2D eigenvalue weighted by molar-refractivity contribution is 7.09. The van der Waals surface area contributed by atoms with Crippen molar-refractivity contribution in [3.8, 4) is 17.2 Å². The quantitative estimate of drug-likeness (QED) is 0.193. The van der Waals surface area contributed by atoms with Crippen LogP contribution in [0.4, 0.5) is 5.69 Å². The van der Waals surface area contributed by atoms with E-state index in [1.54, 1.807) is 11.3 Å². The fraction of sp³-hybridized carbons (Fsp3) is 0.0938. The van der Waals surface area contributed by atoms with E-state index >= 15 is 0 Å². The van der Waals surface area contributed by atoms with Crippen molar-refractivity contribution in [3.05, 3.63) is 130 Å². The second-order valence-electron chi connectivity index (χ2n) is 9.44. The van der Waals surface area contributed by atoms with Crippen molar-refractivity contribution in [2.45, 2.75) is 19.6 Å². The predicted molar refractivity (Wildman–Crippen MR) is 159 cm³/mol. The fourth-order valence-corrected chi connectivity index (χ4v) is 5.40. The van der Waals surface area contributed by atoms with Gasteiger partial charge in [-0.1, -0.05) is 48.5 Å². The van der Waals surface area contributed by atoms with Crippen molar-refractivity contribution in [2.75, 3.05) is 5.32 Å². The maximum absolute atomic E-state index is 13.3. The van der Waals surface area contributed by atoms with Crippen LogP contribution in [0.1, 0.15) is 32.2 Å². The number of nitriles is 1. The highest BCUT2D eigenvalue weighted by Crippen LogP contribution is 2.34. The number of anilines is 1. The van der Waals surface area contributed by atoms with E-state index in [9.17, 15) is 4.79 Å². The Morgan fingerprint density at radius 2 is 1.85 bits per heavy atom. The molecule has 1 amide bonds. The molecule has 196 valence electrons. The molecule has 6 aromatic rings. The minimum atomic E-state index is -0.135. The molecule has 3 N–H and O–H groups in total. The zero-order valence-electron chi connectivity index (χ0n) is 21.6. The summed E-state index contributed by atoms with van der Waals surface area (Å²) in [5.74, 6) is -0.135. The van der Waals surface area contributed by atoms with Crippen LogP contribution in [0.25, 0.3) is 22.0 Å². The Kier molecular flexibility index (Phi) is 7.12. The van der Waals surface area contributed by atoms with E-state index in [0.717, 1.165) is 43.9 Å². The van der Waals surface area contributed by atoms with E-state index in [-0.39, 0.29) is 5.91 Å². The van der Waals surface area contributed by atoms with Crippen molar-refractivity contribution in [1.82, 2.24) is 19.9 Å². The molecule has 3 aromatic carbocycles. The van der Waals surface area contributed by atoms with Gasteiger partial charge in [0.1, 0.15) is 5.69 Å². The van der Waals surface area contributed by atoms with Gasteiger partial charge in [-0.15, -0.1) is 11.3 Å². The number of rotatable bonds is 9. The van der Waals surface area contributed by atoms with Crippen LogP contribution in [-0.2, 0) is 19.6 Å². The number of carbonyl (C=O) groups is 1. The Labute approximate surface area is 235 Å². The maximum Gasteiger partial charge on any atom is 0.268 e. The molecule has 7 nitrogen and oxygen atoms in total. The minimum absolute atomic E-state index is 0.135. The first kappa shape index (κ1) is 25.2. The number of H-pyrrole nitrogens is 1. The van der Waals surface area contributed by atoms with Gasteiger partial charge in [-0.25, -0.2) is 4.98 Å². The van der Waals surface area contributed by atoms with Crippen molar-refractivity contribution < 1.29 is 4.79 Å². The number of imidazole rings is 1. The normalized spacial score (nSPS) is 10.9. The smallest absolute Gasteiger partial charge is 0.268 e. The van der Waals surface area contributed by atoms with Crippen LogP contribution < -0.4 is 10.6 Å². The average Bonchev–Trinajstić information content (AvgIpc) is 3.76. The summed E-state index contributed by atoms with van der Waals surface area (Å²) in [6.45, 7) is 1.74. The zero-order valence-corrected chi connectivity index (χ0v) is 22.4. The lowest BCUT2D eigenvalue weighted by Crippen LogP contribution is -2.23.